The van der Waals surface area contributed by atoms with Crippen molar-refractivity contribution in [2.75, 3.05) is 19.5 Å². The summed E-state index contributed by atoms with van der Waals surface area (Å²) < 4.78 is 5.00. The van der Waals surface area contributed by atoms with Crippen molar-refractivity contribution in [3.63, 3.8) is 0 Å². The second-order valence-corrected chi connectivity index (χ2v) is 5.12. The van der Waals surface area contributed by atoms with E-state index in [2.05, 4.69) is 22.4 Å². The molecule has 1 aliphatic carbocycles. The molecule has 0 atom stereocenters. The Kier molecular flexibility index (Phi) is 4.63. The molecule has 4 heteroatoms. The molecular formula is C12H18N2OS. The van der Waals surface area contributed by atoms with Crippen molar-refractivity contribution in [2.45, 2.75) is 30.5 Å². The van der Waals surface area contributed by atoms with Gasteiger partial charge in [-0.15, -0.1) is 11.8 Å². The van der Waals surface area contributed by atoms with Gasteiger partial charge in [0, 0.05) is 31.6 Å². The van der Waals surface area contributed by atoms with Crippen molar-refractivity contribution in [1.29, 1.82) is 0 Å². The highest BCUT2D eigenvalue weighted by molar-refractivity contribution is 7.99. The number of aromatic nitrogens is 1. The topological polar surface area (TPSA) is 34.1 Å². The molecule has 1 aromatic heterocycles. The van der Waals surface area contributed by atoms with Crippen molar-refractivity contribution in [1.82, 2.24) is 10.3 Å². The minimum Gasteiger partial charge on any atom is -0.384 e. The van der Waals surface area contributed by atoms with Crippen LogP contribution >= 0.6 is 11.8 Å². The van der Waals surface area contributed by atoms with Gasteiger partial charge in [0.25, 0.3) is 0 Å². The zero-order valence-corrected chi connectivity index (χ0v) is 10.4. The Labute approximate surface area is 101 Å². The molecule has 0 spiro atoms. The number of hydrogen-bond acceptors (Lipinski definition) is 4. The highest BCUT2D eigenvalue weighted by Gasteiger charge is 2.19. The lowest BCUT2D eigenvalue weighted by molar-refractivity contribution is 0.218. The molecule has 88 valence electrons. The van der Waals surface area contributed by atoms with E-state index in [4.69, 9.17) is 4.74 Å². The SMILES string of the molecule is COCCSc1ccc(CNC2CC2)cn1. The van der Waals surface area contributed by atoms with Crippen LogP contribution in [0.3, 0.4) is 0 Å². The number of methoxy groups -OCH3 is 1. The van der Waals surface area contributed by atoms with Gasteiger partial charge in [-0.1, -0.05) is 6.07 Å². The molecule has 2 rings (SSSR count). The molecule has 1 N–H and O–H groups in total. The maximum absolute atomic E-state index is 5.00. The van der Waals surface area contributed by atoms with E-state index in [1.54, 1.807) is 18.9 Å². The number of nitrogens with one attached hydrogen (secondary N) is 1. The highest BCUT2D eigenvalue weighted by atomic mass is 32.2. The Balaban J connectivity index is 1.74. The summed E-state index contributed by atoms with van der Waals surface area (Å²) in [6.07, 6.45) is 4.63. The third-order valence-corrected chi connectivity index (χ3v) is 3.42. The maximum Gasteiger partial charge on any atom is 0.0960 e. The van der Waals surface area contributed by atoms with Crippen molar-refractivity contribution < 1.29 is 4.74 Å². The van der Waals surface area contributed by atoms with Crippen LogP contribution in [-0.4, -0.2) is 30.5 Å². The Morgan fingerprint density at radius 3 is 3.00 bits per heavy atom. The number of ether oxygens (including phenoxy) is 1. The van der Waals surface area contributed by atoms with Gasteiger partial charge in [-0.05, 0) is 24.5 Å². The van der Waals surface area contributed by atoms with Gasteiger partial charge >= 0.3 is 0 Å². The largest absolute Gasteiger partial charge is 0.384 e. The number of hydrogen-bond donors (Lipinski definition) is 1. The average Bonchev–Trinajstić information content (AvgIpc) is 3.12. The summed E-state index contributed by atoms with van der Waals surface area (Å²) in [7, 11) is 1.72. The molecular weight excluding hydrogens is 220 g/mol. The van der Waals surface area contributed by atoms with Gasteiger partial charge in [0.15, 0.2) is 0 Å². The van der Waals surface area contributed by atoms with Crippen LogP contribution in [0.2, 0.25) is 0 Å². The fourth-order valence-electron chi connectivity index (χ4n) is 1.38. The first-order chi connectivity index (χ1) is 7.88. The minimum absolute atomic E-state index is 0.760. The molecule has 0 unspecified atom stereocenters. The predicted molar refractivity (Wildman–Crippen MR) is 66.7 cm³/mol. The molecule has 0 saturated heterocycles. The number of nitrogens with zero attached hydrogens (tertiary/aromatic N) is 1. The van der Waals surface area contributed by atoms with E-state index < -0.39 is 0 Å². The van der Waals surface area contributed by atoms with E-state index in [1.165, 1.54) is 18.4 Å². The van der Waals surface area contributed by atoms with Crippen LogP contribution in [0.1, 0.15) is 18.4 Å². The second kappa shape index (κ2) is 6.23. The lowest BCUT2D eigenvalue weighted by atomic mass is 10.3. The van der Waals surface area contributed by atoms with Gasteiger partial charge in [0.05, 0.1) is 11.6 Å². The summed E-state index contributed by atoms with van der Waals surface area (Å²) in [6, 6.07) is 5.00. The molecule has 0 aliphatic heterocycles. The van der Waals surface area contributed by atoms with Gasteiger partial charge < -0.3 is 10.1 Å². The Morgan fingerprint density at radius 2 is 2.38 bits per heavy atom. The van der Waals surface area contributed by atoms with Crippen LogP contribution in [0.25, 0.3) is 0 Å². The summed E-state index contributed by atoms with van der Waals surface area (Å²) in [4.78, 5) is 4.42. The van der Waals surface area contributed by atoms with E-state index >= 15 is 0 Å². The molecule has 0 aromatic carbocycles. The van der Waals surface area contributed by atoms with Gasteiger partial charge in [-0.25, -0.2) is 4.98 Å². The normalized spacial score (nSPS) is 15.3. The number of thioether (sulfide) groups is 1. The zero-order chi connectivity index (χ0) is 11.2. The minimum atomic E-state index is 0.760. The molecule has 1 fully saturated rings. The van der Waals surface area contributed by atoms with Crippen molar-refractivity contribution >= 4 is 11.8 Å². The van der Waals surface area contributed by atoms with E-state index in [-0.39, 0.29) is 0 Å². The first-order valence-electron chi connectivity index (χ1n) is 5.68. The molecule has 0 amide bonds. The molecule has 1 heterocycles. The van der Waals surface area contributed by atoms with Crippen LogP contribution in [0, 0.1) is 0 Å². The van der Waals surface area contributed by atoms with Gasteiger partial charge in [-0.2, -0.15) is 0 Å². The molecule has 0 radical (unpaired) electrons. The summed E-state index contributed by atoms with van der Waals surface area (Å²) in [6.45, 7) is 1.72. The summed E-state index contributed by atoms with van der Waals surface area (Å²) >= 11 is 1.73. The van der Waals surface area contributed by atoms with E-state index in [0.717, 1.165) is 30.0 Å². The zero-order valence-electron chi connectivity index (χ0n) is 9.61. The van der Waals surface area contributed by atoms with Crippen LogP contribution in [0.5, 0.6) is 0 Å². The molecule has 0 bridgehead atoms. The molecule has 1 aromatic rings. The van der Waals surface area contributed by atoms with Crippen molar-refractivity contribution in [2.24, 2.45) is 0 Å². The van der Waals surface area contributed by atoms with E-state index in [1.807, 2.05) is 6.20 Å². The Morgan fingerprint density at radius 1 is 1.50 bits per heavy atom. The van der Waals surface area contributed by atoms with E-state index in [9.17, 15) is 0 Å². The smallest absolute Gasteiger partial charge is 0.0960 e. The third kappa shape index (κ3) is 4.12. The number of pyridine rings is 1. The predicted octanol–water partition coefficient (Wildman–Crippen LogP) is 2.07. The first kappa shape index (κ1) is 11.9. The van der Waals surface area contributed by atoms with Crippen LogP contribution in [0.4, 0.5) is 0 Å². The molecule has 16 heavy (non-hydrogen) atoms. The molecule has 1 aliphatic rings. The molecule has 1 saturated carbocycles. The standard InChI is InChI=1S/C12H18N2OS/c1-15-6-7-16-12-5-2-10(9-14-12)8-13-11-3-4-11/h2,5,9,11,13H,3-4,6-8H2,1H3. The second-order valence-electron chi connectivity index (χ2n) is 4.00. The van der Waals surface area contributed by atoms with Crippen LogP contribution < -0.4 is 5.32 Å². The quantitative estimate of drug-likeness (QED) is 0.582. The van der Waals surface area contributed by atoms with Crippen molar-refractivity contribution in [3.05, 3.63) is 23.9 Å². The van der Waals surface area contributed by atoms with E-state index in [0.29, 0.717) is 0 Å². The van der Waals surface area contributed by atoms with Crippen LogP contribution in [0.15, 0.2) is 23.4 Å². The van der Waals surface area contributed by atoms with Gasteiger partial charge in [0.2, 0.25) is 0 Å². The fourth-order valence-corrected chi connectivity index (χ4v) is 2.13. The Bertz CT molecular complexity index is 311. The third-order valence-electron chi connectivity index (χ3n) is 2.51. The fraction of sp³-hybridized carbons (Fsp3) is 0.583. The maximum atomic E-state index is 5.00. The Hall–Kier alpha value is -0.580. The van der Waals surface area contributed by atoms with Gasteiger partial charge in [0.1, 0.15) is 0 Å². The monoisotopic (exact) mass is 238 g/mol. The molecule has 3 nitrogen and oxygen atoms in total. The van der Waals surface area contributed by atoms with Gasteiger partial charge in [-0.3, -0.25) is 0 Å². The van der Waals surface area contributed by atoms with Crippen molar-refractivity contribution in [3.8, 4) is 0 Å². The number of rotatable bonds is 7. The highest BCUT2D eigenvalue weighted by Crippen LogP contribution is 2.19. The lowest BCUT2D eigenvalue weighted by Crippen LogP contribution is -2.15. The van der Waals surface area contributed by atoms with Crippen LogP contribution in [-0.2, 0) is 11.3 Å². The summed E-state index contributed by atoms with van der Waals surface area (Å²) in [5.41, 5.74) is 1.27. The lowest BCUT2D eigenvalue weighted by Gasteiger charge is -2.04. The average molecular weight is 238 g/mol. The summed E-state index contributed by atoms with van der Waals surface area (Å²) in [5, 5.41) is 4.55. The summed E-state index contributed by atoms with van der Waals surface area (Å²) in [5.74, 6) is 0.961. The first-order valence-corrected chi connectivity index (χ1v) is 6.67.